The molecule has 0 saturated heterocycles. The second-order valence-electron chi connectivity index (χ2n) is 3.69. The topological polar surface area (TPSA) is 35.5 Å². The van der Waals surface area contributed by atoms with E-state index in [1.54, 1.807) is 24.3 Å². The molecule has 0 aliphatic carbocycles. The Balaban J connectivity index is 2.20. The number of methoxy groups -OCH3 is 1. The first kappa shape index (κ1) is 13.4. The van der Waals surface area contributed by atoms with Gasteiger partial charge in [0.25, 0.3) is 0 Å². The molecular weight excluding hydrogens is 271 g/mol. The number of carbonyl (C=O) groups excluding carboxylic acids is 1. The first-order valence-electron chi connectivity index (χ1n) is 5.41. The van der Waals surface area contributed by atoms with Crippen LogP contribution in [-0.4, -0.2) is 13.1 Å². The third-order valence-corrected chi connectivity index (χ3v) is 2.65. The van der Waals surface area contributed by atoms with E-state index in [1.807, 2.05) is 0 Å². The van der Waals surface area contributed by atoms with Crippen molar-refractivity contribution in [2.75, 3.05) is 7.11 Å². The minimum Gasteiger partial charge on any atom is -0.465 e. The van der Waals surface area contributed by atoms with Crippen LogP contribution in [0.25, 0.3) is 0 Å². The fourth-order valence-electron chi connectivity index (χ4n) is 1.47. The smallest absolute Gasteiger partial charge is 0.340 e. The summed E-state index contributed by atoms with van der Waals surface area (Å²) in [6, 6.07) is 10.6. The number of benzene rings is 2. The Hall–Kier alpha value is -2.07. The quantitative estimate of drug-likeness (QED) is 0.796. The van der Waals surface area contributed by atoms with Crippen molar-refractivity contribution < 1.29 is 18.7 Å². The van der Waals surface area contributed by atoms with Gasteiger partial charge in [-0.3, -0.25) is 0 Å². The van der Waals surface area contributed by atoms with E-state index in [0.717, 1.165) is 6.07 Å². The number of halogens is 2. The molecule has 0 radical (unpaired) electrons. The lowest BCUT2D eigenvalue weighted by molar-refractivity contribution is 0.0595. The lowest BCUT2D eigenvalue weighted by Crippen LogP contribution is -2.04. The molecule has 98 valence electrons. The van der Waals surface area contributed by atoms with Crippen molar-refractivity contribution in [2.24, 2.45) is 0 Å². The number of hydrogen-bond acceptors (Lipinski definition) is 3. The average molecular weight is 281 g/mol. The van der Waals surface area contributed by atoms with Crippen LogP contribution in [0.2, 0.25) is 5.02 Å². The van der Waals surface area contributed by atoms with Crippen LogP contribution in [0.4, 0.5) is 4.39 Å². The summed E-state index contributed by atoms with van der Waals surface area (Å²) in [7, 11) is 1.19. The molecule has 0 aromatic heterocycles. The van der Waals surface area contributed by atoms with Crippen LogP contribution >= 0.6 is 11.6 Å². The third-order valence-electron chi connectivity index (χ3n) is 2.40. The summed E-state index contributed by atoms with van der Waals surface area (Å²) in [5.74, 6) is -0.615. The van der Waals surface area contributed by atoms with Gasteiger partial charge >= 0.3 is 5.97 Å². The molecule has 0 saturated carbocycles. The van der Waals surface area contributed by atoms with Gasteiger partial charge in [-0.05, 0) is 36.4 Å². The summed E-state index contributed by atoms with van der Waals surface area (Å²) in [5, 5.41) is 0.583. The molecule has 0 aliphatic heterocycles. The highest BCUT2D eigenvalue weighted by atomic mass is 35.5. The van der Waals surface area contributed by atoms with Gasteiger partial charge in [0.15, 0.2) is 0 Å². The molecule has 0 bridgehead atoms. The molecule has 0 fully saturated rings. The first-order valence-corrected chi connectivity index (χ1v) is 5.79. The molecule has 2 rings (SSSR count). The maximum absolute atomic E-state index is 13.7. The van der Waals surface area contributed by atoms with E-state index in [9.17, 15) is 9.18 Å². The minimum atomic E-state index is -0.726. The molecule has 0 aliphatic rings. The standard InChI is InChI=1S/C14H10ClFO3/c1-18-14(17)12-7-6-11(8-13(12)16)19-10-4-2-9(15)3-5-10/h2-8H,1H3. The predicted molar refractivity (Wildman–Crippen MR) is 69.3 cm³/mol. The Kier molecular flexibility index (Phi) is 4.02. The van der Waals surface area contributed by atoms with Gasteiger partial charge in [0.1, 0.15) is 17.3 Å². The van der Waals surface area contributed by atoms with Crippen LogP contribution in [0, 0.1) is 5.82 Å². The maximum Gasteiger partial charge on any atom is 0.340 e. The number of rotatable bonds is 3. The maximum atomic E-state index is 13.7. The zero-order valence-electron chi connectivity index (χ0n) is 10.0. The van der Waals surface area contributed by atoms with Crippen molar-refractivity contribution in [3.63, 3.8) is 0 Å². The van der Waals surface area contributed by atoms with Gasteiger partial charge in [0, 0.05) is 11.1 Å². The molecule has 2 aromatic carbocycles. The number of carbonyl (C=O) groups is 1. The molecule has 3 nitrogen and oxygen atoms in total. The highest BCUT2D eigenvalue weighted by molar-refractivity contribution is 6.30. The van der Waals surface area contributed by atoms with Gasteiger partial charge in [0.2, 0.25) is 0 Å². The normalized spacial score (nSPS) is 10.1. The summed E-state index contributed by atoms with van der Waals surface area (Å²) in [4.78, 5) is 11.2. The molecule has 0 amide bonds. The molecule has 0 N–H and O–H groups in total. The van der Waals surface area contributed by atoms with Crippen LogP contribution in [0.3, 0.4) is 0 Å². The Labute approximate surface area is 114 Å². The fourth-order valence-corrected chi connectivity index (χ4v) is 1.60. The van der Waals surface area contributed by atoms with Crippen molar-refractivity contribution in [3.05, 3.63) is 58.9 Å². The molecule has 0 spiro atoms. The highest BCUT2D eigenvalue weighted by Crippen LogP contribution is 2.25. The first-order chi connectivity index (χ1) is 9.10. The van der Waals surface area contributed by atoms with Crippen molar-refractivity contribution in [3.8, 4) is 11.5 Å². The van der Waals surface area contributed by atoms with Crippen LogP contribution in [0.1, 0.15) is 10.4 Å². The van der Waals surface area contributed by atoms with E-state index in [0.29, 0.717) is 10.8 Å². The van der Waals surface area contributed by atoms with Gasteiger partial charge < -0.3 is 9.47 Å². The van der Waals surface area contributed by atoms with Crippen molar-refractivity contribution >= 4 is 17.6 Å². The molecule has 2 aromatic rings. The van der Waals surface area contributed by atoms with Crippen LogP contribution in [0.5, 0.6) is 11.5 Å². The van der Waals surface area contributed by atoms with E-state index < -0.39 is 11.8 Å². The Morgan fingerprint density at radius 3 is 2.32 bits per heavy atom. The van der Waals surface area contributed by atoms with E-state index in [1.165, 1.54) is 19.2 Å². The highest BCUT2D eigenvalue weighted by Gasteiger charge is 2.12. The van der Waals surface area contributed by atoms with Gasteiger partial charge in [-0.2, -0.15) is 0 Å². The summed E-state index contributed by atoms with van der Waals surface area (Å²) in [6.07, 6.45) is 0. The average Bonchev–Trinajstić information content (AvgIpc) is 2.41. The third kappa shape index (κ3) is 3.23. The molecule has 0 atom stereocenters. The largest absolute Gasteiger partial charge is 0.465 e. The van der Waals surface area contributed by atoms with Gasteiger partial charge in [-0.15, -0.1) is 0 Å². The monoisotopic (exact) mass is 280 g/mol. The van der Waals surface area contributed by atoms with Crippen LogP contribution < -0.4 is 4.74 Å². The van der Waals surface area contributed by atoms with E-state index in [4.69, 9.17) is 16.3 Å². The van der Waals surface area contributed by atoms with Crippen molar-refractivity contribution in [1.29, 1.82) is 0 Å². The summed E-state index contributed by atoms with van der Waals surface area (Å²) >= 11 is 5.74. The Bertz CT molecular complexity index is 596. The molecule has 0 heterocycles. The second kappa shape index (κ2) is 5.71. The second-order valence-corrected chi connectivity index (χ2v) is 4.13. The zero-order valence-corrected chi connectivity index (χ0v) is 10.8. The SMILES string of the molecule is COC(=O)c1ccc(Oc2ccc(Cl)cc2)cc1F. The number of esters is 1. The molecular formula is C14H10ClFO3. The predicted octanol–water partition coefficient (Wildman–Crippen LogP) is 4.06. The molecule has 0 unspecified atom stereocenters. The summed E-state index contributed by atoms with van der Waals surface area (Å²) in [5.41, 5.74) is -0.133. The minimum absolute atomic E-state index is 0.133. The zero-order chi connectivity index (χ0) is 13.8. The van der Waals surface area contributed by atoms with E-state index in [-0.39, 0.29) is 11.3 Å². The van der Waals surface area contributed by atoms with Gasteiger partial charge in [-0.1, -0.05) is 11.6 Å². The van der Waals surface area contributed by atoms with Gasteiger partial charge in [0.05, 0.1) is 12.7 Å². The summed E-state index contributed by atoms with van der Waals surface area (Å²) in [6.45, 7) is 0. The number of ether oxygens (including phenoxy) is 2. The fraction of sp³-hybridized carbons (Fsp3) is 0.0714. The molecule has 5 heteroatoms. The van der Waals surface area contributed by atoms with E-state index >= 15 is 0 Å². The Morgan fingerprint density at radius 2 is 1.74 bits per heavy atom. The Morgan fingerprint density at radius 1 is 1.11 bits per heavy atom. The van der Waals surface area contributed by atoms with Crippen LogP contribution in [-0.2, 0) is 4.74 Å². The van der Waals surface area contributed by atoms with Crippen molar-refractivity contribution in [1.82, 2.24) is 0 Å². The van der Waals surface area contributed by atoms with Crippen LogP contribution in [0.15, 0.2) is 42.5 Å². The lowest BCUT2D eigenvalue weighted by Gasteiger charge is -2.07. The van der Waals surface area contributed by atoms with E-state index in [2.05, 4.69) is 4.74 Å². The lowest BCUT2D eigenvalue weighted by atomic mass is 10.2. The summed E-state index contributed by atoms with van der Waals surface area (Å²) < 4.78 is 23.5. The van der Waals surface area contributed by atoms with Gasteiger partial charge in [-0.25, -0.2) is 9.18 Å². The molecule has 19 heavy (non-hydrogen) atoms. The van der Waals surface area contributed by atoms with Crippen molar-refractivity contribution in [2.45, 2.75) is 0 Å². The number of hydrogen-bond donors (Lipinski definition) is 0.